The Hall–Kier alpha value is -4.23. The standard InChI is InChI=1S/C29H39N7O5S/c30-21-9-4-5-11-26(38)35-25(15-23-10-6-14-42-23)28(40)32-16-27(39)34-24(13-12-20-7-2-1-3-8-20)29(41)33-22(19-37)18-36(31)17-21/h1-3,6-8,10,14,17,19,22,24-25H,4-5,9,11-13,15-16,18,30-31H2,(H,32,40)(H,33,41)(H,34,39)(H,35,38)/b21-17-/t22-,24+,25+/m0/s1. The molecule has 3 rings (SSSR count). The van der Waals surface area contributed by atoms with Crippen LogP contribution in [0.2, 0.25) is 0 Å². The van der Waals surface area contributed by atoms with E-state index in [1.807, 2.05) is 47.8 Å². The van der Waals surface area contributed by atoms with Crippen molar-refractivity contribution in [3.8, 4) is 0 Å². The second-order valence-electron chi connectivity index (χ2n) is 10.1. The van der Waals surface area contributed by atoms with Gasteiger partial charge in [0.25, 0.3) is 0 Å². The summed E-state index contributed by atoms with van der Waals surface area (Å²) in [6, 6.07) is 10.3. The van der Waals surface area contributed by atoms with E-state index < -0.39 is 42.4 Å². The van der Waals surface area contributed by atoms with Gasteiger partial charge in [-0.25, -0.2) is 5.84 Å². The second-order valence-corrected chi connectivity index (χ2v) is 11.2. The fourth-order valence-corrected chi connectivity index (χ4v) is 5.20. The smallest absolute Gasteiger partial charge is 0.243 e. The molecule has 0 radical (unpaired) electrons. The first-order valence-electron chi connectivity index (χ1n) is 13.9. The molecule has 0 saturated carbocycles. The number of aryl methyl sites for hydroxylation is 1. The molecule has 42 heavy (non-hydrogen) atoms. The molecule has 0 bridgehead atoms. The zero-order valence-corrected chi connectivity index (χ0v) is 24.2. The molecule has 2 heterocycles. The van der Waals surface area contributed by atoms with Crippen LogP contribution in [-0.2, 0) is 36.8 Å². The van der Waals surface area contributed by atoms with Gasteiger partial charge in [0.15, 0.2) is 0 Å². The van der Waals surface area contributed by atoms with E-state index in [0.29, 0.717) is 37.7 Å². The number of thiophene rings is 1. The molecule has 4 amide bonds. The molecule has 1 aromatic carbocycles. The predicted octanol–water partition coefficient (Wildman–Crippen LogP) is 0.243. The van der Waals surface area contributed by atoms with E-state index in [2.05, 4.69) is 21.3 Å². The number of benzene rings is 1. The van der Waals surface area contributed by atoms with E-state index in [0.717, 1.165) is 10.4 Å². The molecule has 226 valence electrons. The Bertz CT molecular complexity index is 1220. The quantitative estimate of drug-likeness (QED) is 0.202. The van der Waals surface area contributed by atoms with Crippen LogP contribution in [0.1, 0.15) is 42.5 Å². The van der Waals surface area contributed by atoms with Crippen LogP contribution in [0.5, 0.6) is 0 Å². The number of nitrogens with one attached hydrogen (secondary N) is 4. The third-order valence-electron chi connectivity index (χ3n) is 6.63. The fourth-order valence-electron chi connectivity index (χ4n) is 4.44. The molecule has 0 fully saturated rings. The summed E-state index contributed by atoms with van der Waals surface area (Å²) in [5.41, 5.74) is 7.49. The van der Waals surface area contributed by atoms with Crippen LogP contribution in [0.15, 0.2) is 59.7 Å². The highest BCUT2D eigenvalue weighted by Gasteiger charge is 2.26. The van der Waals surface area contributed by atoms with E-state index in [-0.39, 0.29) is 31.7 Å². The van der Waals surface area contributed by atoms with Gasteiger partial charge >= 0.3 is 0 Å². The minimum Gasteiger partial charge on any atom is -0.401 e. The molecule has 1 aliphatic heterocycles. The average Bonchev–Trinajstić information content (AvgIpc) is 3.48. The van der Waals surface area contributed by atoms with Crippen LogP contribution in [0.3, 0.4) is 0 Å². The minimum absolute atomic E-state index is 0.0423. The normalized spacial score (nSPS) is 23.4. The summed E-state index contributed by atoms with van der Waals surface area (Å²) in [4.78, 5) is 64.5. The van der Waals surface area contributed by atoms with Gasteiger partial charge in [-0.05, 0) is 49.1 Å². The Labute approximate surface area is 249 Å². The number of hydrazine groups is 1. The van der Waals surface area contributed by atoms with Gasteiger partial charge in [0.2, 0.25) is 23.6 Å². The highest BCUT2D eigenvalue weighted by Crippen LogP contribution is 2.12. The van der Waals surface area contributed by atoms with Gasteiger partial charge in [-0.3, -0.25) is 19.2 Å². The number of hydrogen-bond donors (Lipinski definition) is 6. The summed E-state index contributed by atoms with van der Waals surface area (Å²) in [5.74, 6) is 4.06. The average molecular weight is 598 g/mol. The lowest BCUT2D eigenvalue weighted by atomic mass is 10.0. The van der Waals surface area contributed by atoms with Crippen molar-refractivity contribution in [2.75, 3.05) is 13.1 Å². The molecule has 0 aliphatic carbocycles. The lowest BCUT2D eigenvalue weighted by Crippen LogP contribution is -2.55. The summed E-state index contributed by atoms with van der Waals surface area (Å²) in [7, 11) is 0. The number of amides is 4. The molecule has 2 aromatic rings. The zero-order valence-electron chi connectivity index (χ0n) is 23.4. The van der Waals surface area contributed by atoms with E-state index >= 15 is 0 Å². The van der Waals surface area contributed by atoms with Gasteiger partial charge in [-0.15, -0.1) is 11.3 Å². The Morgan fingerprint density at radius 2 is 1.64 bits per heavy atom. The lowest BCUT2D eigenvalue weighted by Gasteiger charge is -2.24. The topological polar surface area (TPSA) is 189 Å². The number of hydrogen-bond acceptors (Lipinski definition) is 9. The molecule has 0 saturated heterocycles. The Morgan fingerprint density at radius 3 is 2.36 bits per heavy atom. The van der Waals surface area contributed by atoms with Gasteiger partial charge in [0.05, 0.1) is 13.1 Å². The number of carbonyl (C=O) groups excluding carboxylic acids is 5. The van der Waals surface area contributed by atoms with E-state index in [9.17, 15) is 24.0 Å². The Morgan fingerprint density at radius 1 is 0.905 bits per heavy atom. The van der Waals surface area contributed by atoms with Crippen molar-refractivity contribution in [1.29, 1.82) is 0 Å². The van der Waals surface area contributed by atoms with Crippen molar-refractivity contribution in [2.24, 2.45) is 11.6 Å². The summed E-state index contributed by atoms with van der Waals surface area (Å²) in [6.07, 6.45) is 4.83. The fraction of sp³-hybridized carbons (Fsp3) is 0.414. The zero-order chi connectivity index (χ0) is 30.3. The second kappa shape index (κ2) is 16.9. The monoisotopic (exact) mass is 597 g/mol. The molecule has 0 spiro atoms. The number of aldehydes is 1. The summed E-state index contributed by atoms with van der Waals surface area (Å²) in [6.45, 7) is -0.443. The van der Waals surface area contributed by atoms with Gasteiger partial charge in [-0.2, -0.15) is 0 Å². The third kappa shape index (κ3) is 11.3. The van der Waals surface area contributed by atoms with Crippen molar-refractivity contribution in [2.45, 2.75) is 63.1 Å². The maximum atomic E-state index is 13.2. The van der Waals surface area contributed by atoms with Crippen LogP contribution in [0.4, 0.5) is 0 Å². The first kappa shape index (κ1) is 32.3. The largest absolute Gasteiger partial charge is 0.401 e. The van der Waals surface area contributed by atoms with Gasteiger partial charge in [-0.1, -0.05) is 36.4 Å². The van der Waals surface area contributed by atoms with Gasteiger partial charge in [0.1, 0.15) is 24.4 Å². The van der Waals surface area contributed by atoms with Gasteiger partial charge in [0, 0.05) is 29.6 Å². The molecule has 1 aliphatic rings. The summed E-state index contributed by atoms with van der Waals surface area (Å²) in [5, 5.41) is 13.8. The van der Waals surface area contributed by atoms with Crippen LogP contribution in [0.25, 0.3) is 0 Å². The number of carbonyl (C=O) groups is 5. The highest BCUT2D eigenvalue weighted by atomic mass is 32.1. The van der Waals surface area contributed by atoms with Crippen molar-refractivity contribution in [1.82, 2.24) is 26.3 Å². The Kier molecular flexibility index (Phi) is 13.0. The van der Waals surface area contributed by atoms with Crippen molar-refractivity contribution in [3.05, 3.63) is 70.2 Å². The van der Waals surface area contributed by atoms with E-state index in [1.54, 1.807) is 0 Å². The maximum Gasteiger partial charge on any atom is 0.243 e. The van der Waals surface area contributed by atoms with Crippen LogP contribution in [-0.4, -0.2) is 66.1 Å². The molecule has 13 heteroatoms. The van der Waals surface area contributed by atoms with E-state index in [1.165, 1.54) is 22.5 Å². The third-order valence-corrected chi connectivity index (χ3v) is 7.53. The minimum atomic E-state index is -0.990. The van der Waals surface area contributed by atoms with Crippen LogP contribution in [0, 0.1) is 0 Å². The lowest BCUT2D eigenvalue weighted by molar-refractivity contribution is -0.132. The molecule has 3 atom stereocenters. The van der Waals surface area contributed by atoms with Crippen LogP contribution >= 0.6 is 11.3 Å². The number of allylic oxidation sites excluding steroid dienone is 1. The first-order valence-corrected chi connectivity index (χ1v) is 14.8. The number of rotatable bonds is 6. The van der Waals surface area contributed by atoms with Crippen molar-refractivity contribution >= 4 is 41.3 Å². The Balaban J connectivity index is 1.78. The molecular weight excluding hydrogens is 558 g/mol. The SMILES string of the molecule is N/C1=C\N(N)C[C@@H](C=O)NC(=O)[C@@H](CCc2ccccc2)NC(=O)CNC(=O)[C@@H](Cc2cccs2)NC(=O)CCCC1. The van der Waals surface area contributed by atoms with Crippen molar-refractivity contribution in [3.63, 3.8) is 0 Å². The maximum absolute atomic E-state index is 13.2. The molecular formula is C29H39N7O5S. The first-order chi connectivity index (χ1) is 20.2. The van der Waals surface area contributed by atoms with E-state index in [4.69, 9.17) is 11.6 Å². The van der Waals surface area contributed by atoms with Crippen molar-refractivity contribution < 1.29 is 24.0 Å². The predicted molar refractivity (Wildman–Crippen MR) is 159 cm³/mol. The van der Waals surface area contributed by atoms with Crippen LogP contribution < -0.4 is 32.8 Å². The van der Waals surface area contributed by atoms with Gasteiger partial charge < -0.3 is 36.8 Å². The summed E-state index contributed by atoms with van der Waals surface area (Å²) >= 11 is 1.46. The summed E-state index contributed by atoms with van der Waals surface area (Å²) < 4.78 is 0. The molecule has 1 aromatic heterocycles. The number of nitrogens with zero attached hydrogens (tertiary/aromatic N) is 1. The molecule has 0 unspecified atom stereocenters. The molecule has 8 N–H and O–H groups in total. The number of nitrogens with two attached hydrogens (primary N) is 2. The molecule has 12 nitrogen and oxygen atoms in total. The highest BCUT2D eigenvalue weighted by molar-refractivity contribution is 7.09.